The van der Waals surface area contributed by atoms with Gasteiger partial charge in [0.2, 0.25) is 5.91 Å². The molecule has 0 radical (unpaired) electrons. The van der Waals surface area contributed by atoms with Crippen molar-refractivity contribution in [3.63, 3.8) is 0 Å². The molecule has 0 aliphatic carbocycles. The number of nitrogens with zero attached hydrogens (tertiary/aromatic N) is 1. The Balaban J connectivity index is 1.66. The monoisotopic (exact) mass is 466 g/mol. The average Bonchev–Trinajstić information content (AvgIpc) is 3.08. The van der Waals surface area contributed by atoms with Crippen LogP contribution in [0, 0.1) is 27.7 Å². The van der Waals surface area contributed by atoms with Crippen molar-refractivity contribution in [3.05, 3.63) is 88.5 Å². The summed E-state index contributed by atoms with van der Waals surface area (Å²) in [5.74, 6) is 0.429. The molecule has 166 valence electrons. The summed E-state index contributed by atoms with van der Waals surface area (Å²) >= 11 is 1.54. The number of thioether (sulfide) groups is 1. The van der Waals surface area contributed by atoms with Gasteiger partial charge in [0.25, 0.3) is 10.0 Å². The molecule has 0 bridgehead atoms. The number of amides is 1. The molecule has 0 unspecified atom stereocenters. The molecule has 3 aromatic carbocycles. The maximum atomic E-state index is 13.2. The number of rotatable bonds is 5. The molecule has 0 saturated carbocycles. The maximum Gasteiger partial charge on any atom is 0.262 e. The zero-order valence-corrected chi connectivity index (χ0v) is 20.2. The first-order valence-electron chi connectivity index (χ1n) is 10.4. The predicted molar refractivity (Wildman–Crippen MR) is 132 cm³/mol. The van der Waals surface area contributed by atoms with E-state index < -0.39 is 10.0 Å². The fourth-order valence-electron chi connectivity index (χ4n) is 4.28. The first kappa shape index (κ1) is 22.4. The molecular weight excluding hydrogens is 440 g/mol. The fraction of sp³-hybridized carbons (Fsp3) is 0.240. The van der Waals surface area contributed by atoms with Crippen molar-refractivity contribution in [1.82, 2.24) is 0 Å². The van der Waals surface area contributed by atoms with Gasteiger partial charge in [-0.05, 0) is 74.2 Å². The van der Waals surface area contributed by atoms with Crippen LogP contribution in [0.5, 0.6) is 0 Å². The van der Waals surface area contributed by atoms with E-state index in [2.05, 4.69) is 4.72 Å². The first-order chi connectivity index (χ1) is 15.2. The van der Waals surface area contributed by atoms with Gasteiger partial charge in [0.05, 0.1) is 10.6 Å². The molecule has 0 spiro atoms. The lowest BCUT2D eigenvalue weighted by atomic mass is 10.1. The van der Waals surface area contributed by atoms with Crippen LogP contribution in [0.2, 0.25) is 0 Å². The molecule has 1 N–H and O–H groups in total. The first-order valence-corrected chi connectivity index (χ1v) is 12.9. The summed E-state index contributed by atoms with van der Waals surface area (Å²) in [6, 6.07) is 18.9. The van der Waals surface area contributed by atoms with Gasteiger partial charge < -0.3 is 0 Å². The molecule has 7 heteroatoms. The van der Waals surface area contributed by atoms with Gasteiger partial charge in [-0.15, -0.1) is 11.8 Å². The molecule has 32 heavy (non-hydrogen) atoms. The number of benzene rings is 3. The molecular formula is C25H26N2O3S2. The maximum absolute atomic E-state index is 13.2. The Bertz CT molecular complexity index is 1280. The van der Waals surface area contributed by atoms with E-state index in [0.29, 0.717) is 27.5 Å². The van der Waals surface area contributed by atoms with Crippen molar-refractivity contribution in [1.29, 1.82) is 0 Å². The molecule has 4 rings (SSSR count). The highest BCUT2D eigenvalue weighted by molar-refractivity contribution is 8.00. The van der Waals surface area contributed by atoms with Crippen LogP contribution < -0.4 is 9.62 Å². The number of anilines is 2. The number of aryl methyl sites for hydroxylation is 4. The van der Waals surface area contributed by atoms with Crippen LogP contribution in [0.3, 0.4) is 0 Å². The van der Waals surface area contributed by atoms with E-state index >= 15 is 0 Å². The summed E-state index contributed by atoms with van der Waals surface area (Å²) in [6.07, 6.45) is 0. The lowest BCUT2D eigenvalue weighted by Crippen LogP contribution is -2.27. The normalized spacial score (nSPS) is 16.4. The Morgan fingerprint density at radius 3 is 2.28 bits per heavy atom. The number of sulfonamides is 1. The van der Waals surface area contributed by atoms with Crippen LogP contribution in [0.1, 0.15) is 33.2 Å². The Hall–Kier alpha value is -2.77. The van der Waals surface area contributed by atoms with Crippen LogP contribution in [-0.4, -0.2) is 20.1 Å². The molecule has 1 atom stereocenters. The molecule has 0 aromatic heterocycles. The van der Waals surface area contributed by atoms with Gasteiger partial charge in [-0.2, -0.15) is 0 Å². The number of hydrogen-bond acceptors (Lipinski definition) is 4. The van der Waals surface area contributed by atoms with E-state index in [1.165, 1.54) is 0 Å². The van der Waals surface area contributed by atoms with Crippen molar-refractivity contribution in [2.24, 2.45) is 0 Å². The van der Waals surface area contributed by atoms with Crippen LogP contribution in [0.4, 0.5) is 11.4 Å². The summed E-state index contributed by atoms with van der Waals surface area (Å²) in [5, 5.41) is -0.211. The molecule has 1 aliphatic heterocycles. The second-order valence-corrected chi connectivity index (χ2v) is 10.9. The molecule has 3 aromatic rings. The van der Waals surface area contributed by atoms with E-state index in [0.717, 1.165) is 22.4 Å². The highest BCUT2D eigenvalue weighted by Gasteiger charge is 2.34. The third-order valence-electron chi connectivity index (χ3n) is 5.45. The van der Waals surface area contributed by atoms with Crippen molar-refractivity contribution in [2.45, 2.75) is 38.0 Å². The van der Waals surface area contributed by atoms with E-state index in [1.54, 1.807) is 22.7 Å². The van der Waals surface area contributed by atoms with E-state index in [9.17, 15) is 13.2 Å². The van der Waals surface area contributed by atoms with Crippen LogP contribution in [0.15, 0.2) is 65.6 Å². The quantitative estimate of drug-likeness (QED) is 0.539. The number of nitrogens with one attached hydrogen (secondary N) is 1. The standard InChI is InChI=1S/C25H26N2O3S2/c1-16-7-5-10-22(13-16)27-23(28)15-31-25(27)20-8-6-9-21(14-20)26-32(29,30)24-18(3)11-17(2)12-19(24)4/h5-14,25-26H,15H2,1-4H3/t25-/m1/s1. The minimum absolute atomic E-state index is 0.0440. The van der Waals surface area contributed by atoms with Gasteiger partial charge in [-0.25, -0.2) is 8.42 Å². The third-order valence-corrected chi connectivity index (χ3v) is 8.34. The minimum atomic E-state index is -3.75. The summed E-state index contributed by atoms with van der Waals surface area (Å²) in [4.78, 5) is 14.8. The van der Waals surface area contributed by atoms with E-state index in [4.69, 9.17) is 0 Å². The smallest absolute Gasteiger partial charge is 0.262 e. The number of carbonyl (C=O) groups is 1. The lowest BCUT2D eigenvalue weighted by molar-refractivity contribution is -0.115. The Morgan fingerprint density at radius 1 is 0.906 bits per heavy atom. The van der Waals surface area contributed by atoms with E-state index in [1.807, 2.05) is 82.3 Å². The highest BCUT2D eigenvalue weighted by Crippen LogP contribution is 2.42. The molecule has 1 heterocycles. The molecule has 1 amide bonds. The summed E-state index contributed by atoms with van der Waals surface area (Å²) in [5.41, 5.74) is 5.74. The number of carbonyl (C=O) groups excluding carboxylic acids is 1. The fourth-order valence-corrected chi connectivity index (χ4v) is 6.95. The zero-order chi connectivity index (χ0) is 23.0. The van der Waals surface area contributed by atoms with Crippen LogP contribution in [0.25, 0.3) is 0 Å². The Labute approximate surface area is 193 Å². The molecule has 1 aliphatic rings. The second kappa shape index (κ2) is 8.64. The Kier molecular flexibility index (Phi) is 6.05. The molecule has 1 fully saturated rings. The van der Waals surface area contributed by atoms with Gasteiger partial charge in [-0.1, -0.05) is 42.0 Å². The summed E-state index contributed by atoms with van der Waals surface area (Å²) in [6.45, 7) is 7.57. The summed E-state index contributed by atoms with van der Waals surface area (Å²) < 4.78 is 29.1. The predicted octanol–water partition coefficient (Wildman–Crippen LogP) is 5.50. The zero-order valence-electron chi connectivity index (χ0n) is 18.5. The van der Waals surface area contributed by atoms with Crippen LogP contribution in [-0.2, 0) is 14.8 Å². The average molecular weight is 467 g/mol. The molecule has 1 saturated heterocycles. The minimum Gasteiger partial charge on any atom is -0.295 e. The highest BCUT2D eigenvalue weighted by atomic mass is 32.2. The largest absolute Gasteiger partial charge is 0.295 e. The van der Waals surface area contributed by atoms with Gasteiger partial charge in [0, 0.05) is 11.4 Å². The van der Waals surface area contributed by atoms with Crippen molar-refractivity contribution < 1.29 is 13.2 Å². The van der Waals surface area contributed by atoms with Gasteiger partial charge in [0.15, 0.2) is 0 Å². The second-order valence-electron chi connectivity index (χ2n) is 8.22. The lowest BCUT2D eigenvalue weighted by Gasteiger charge is -2.25. The van der Waals surface area contributed by atoms with Gasteiger partial charge >= 0.3 is 0 Å². The van der Waals surface area contributed by atoms with Crippen LogP contribution >= 0.6 is 11.8 Å². The third kappa shape index (κ3) is 4.40. The van der Waals surface area contributed by atoms with E-state index in [-0.39, 0.29) is 11.3 Å². The number of hydrogen-bond donors (Lipinski definition) is 1. The van der Waals surface area contributed by atoms with Crippen molar-refractivity contribution in [2.75, 3.05) is 15.4 Å². The topological polar surface area (TPSA) is 66.5 Å². The van der Waals surface area contributed by atoms with Crippen molar-refractivity contribution >= 4 is 39.1 Å². The SMILES string of the molecule is Cc1cccc(N2C(=O)CS[C@@H]2c2cccc(NS(=O)(=O)c3c(C)cc(C)cc3C)c2)c1. The summed E-state index contributed by atoms with van der Waals surface area (Å²) in [7, 11) is -3.75. The van der Waals surface area contributed by atoms with Crippen molar-refractivity contribution in [3.8, 4) is 0 Å². The Morgan fingerprint density at radius 2 is 1.59 bits per heavy atom. The van der Waals surface area contributed by atoms with Gasteiger partial charge in [0.1, 0.15) is 5.37 Å². The van der Waals surface area contributed by atoms with Gasteiger partial charge in [-0.3, -0.25) is 14.4 Å². The molecule has 5 nitrogen and oxygen atoms in total.